The van der Waals surface area contributed by atoms with Crippen molar-refractivity contribution in [3.05, 3.63) is 168 Å². The fourth-order valence-corrected chi connectivity index (χ4v) is 10.2. The summed E-state index contributed by atoms with van der Waals surface area (Å²) >= 11 is 0. The van der Waals surface area contributed by atoms with Crippen LogP contribution in [0.25, 0.3) is 72.1 Å². The largest absolute Gasteiger partial charge is 0.456 e. The first-order valence-corrected chi connectivity index (χ1v) is 18.2. The lowest BCUT2D eigenvalue weighted by molar-refractivity contribution is -0.995. The molecule has 0 amide bonds. The zero-order valence-corrected chi connectivity index (χ0v) is 28.9. The van der Waals surface area contributed by atoms with Gasteiger partial charge in [0.05, 0.1) is 23.0 Å². The van der Waals surface area contributed by atoms with Crippen LogP contribution in [0, 0.1) is 13.8 Å². The standard InChI is InChI=1S/C46H30N6O/c1-27-41(29-20-21-32-34-15-11-24-47-45(34)49(37(32)26-29)30-12-4-3-5-13-30)28(2)52-46-42-36(51(27)52)17-10-18-38(42)53-39-23-22-33-31-14-6-7-16-35(31)50(44(33)43(39)46)40-19-8-9-25-48(40)46/h3-26H,1-2H3/q+2. The van der Waals surface area contributed by atoms with Crippen molar-refractivity contribution in [2.24, 2.45) is 0 Å². The predicted molar refractivity (Wildman–Crippen MR) is 206 cm³/mol. The molecule has 3 aliphatic heterocycles. The average Bonchev–Trinajstić information content (AvgIpc) is 3.90. The van der Waals surface area contributed by atoms with E-state index in [-0.39, 0.29) is 0 Å². The van der Waals surface area contributed by atoms with Crippen molar-refractivity contribution in [2.45, 2.75) is 19.5 Å². The number of para-hydroxylation sites is 2. The molecular weight excluding hydrogens is 653 g/mol. The molecule has 8 heterocycles. The molecule has 1 atom stereocenters. The molecule has 3 aliphatic rings. The van der Waals surface area contributed by atoms with Gasteiger partial charge in [-0.25, -0.2) is 4.98 Å². The van der Waals surface area contributed by atoms with E-state index < -0.39 is 5.66 Å². The van der Waals surface area contributed by atoms with Gasteiger partial charge < -0.3 is 4.74 Å². The van der Waals surface area contributed by atoms with Crippen molar-refractivity contribution >= 4 is 43.7 Å². The molecule has 0 radical (unpaired) electrons. The van der Waals surface area contributed by atoms with Crippen molar-refractivity contribution in [1.29, 1.82) is 0 Å². The summed E-state index contributed by atoms with van der Waals surface area (Å²) in [6, 6.07) is 48.0. The minimum absolute atomic E-state index is 0.736. The summed E-state index contributed by atoms with van der Waals surface area (Å²) in [5.41, 5.74) is 13.1. The Balaban J connectivity index is 1.18. The Morgan fingerprint density at radius 2 is 1.43 bits per heavy atom. The van der Waals surface area contributed by atoms with Crippen LogP contribution in [-0.4, -0.2) is 18.8 Å². The first-order valence-electron chi connectivity index (χ1n) is 18.2. The minimum atomic E-state index is -0.736. The number of rotatable bonds is 2. The number of benzene rings is 5. The Hall–Kier alpha value is -6.99. The third-order valence-electron chi connectivity index (χ3n) is 12.1. The highest BCUT2D eigenvalue weighted by Crippen LogP contribution is 2.56. The van der Waals surface area contributed by atoms with Crippen molar-refractivity contribution in [1.82, 2.24) is 18.8 Å². The number of hydrogen-bond donors (Lipinski definition) is 0. The molecule has 0 fully saturated rings. The zero-order valence-electron chi connectivity index (χ0n) is 28.9. The van der Waals surface area contributed by atoms with Crippen LogP contribution in [0.4, 0.5) is 0 Å². The summed E-state index contributed by atoms with van der Waals surface area (Å²) in [6.07, 6.45) is 4.14. The third-order valence-corrected chi connectivity index (χ3v) is 12.1. The molecule has 0 saturated carbocycles. The van der Waals surface area contributed by atoms with Crippen molar-refractivity contribution in [2.75, 3.05) is 0 Å². The molecule has 0 N–H and O–H groups in total. The van der Waals surface area contributed by atoms with Gasteiger partial charge in [0, 0.05) is 46.4 Å². The van der Waals surface area contributed by atoms with Gasteiger partial charge in [0.2, 0.25) is 5.69 Å². The van der Waals surface area contributed by atoms with E-state index in [2.05, 4.69) is 171 Å². The van der Waals surface area contributed by atoms with E-state index in [0.717, 1.165) is 56.4 Å². The molecule has 0 bridgehead atoms. The maximum atomic E-state index is 6.91. The number of ether oxygens (including phenoxy) is 1. The van der Waals surface area contributed by atoms with Crippen LogP contribution in [0.15, 0.2) is 146 Å². The lowest BCUT2D eigenvalue weighted by Gasteiger charge is -2.33. The maximum Gasteiger partial charge on any atom is 0.397 e. The number of hydrogen-bond acceptors (Lipinski definition) is 2. The molecule has 53 heavy (non-hydrogen) atoms. The molecule has 13 rings (SSSR count). The lowest BCUT2D eigenvalue weighted by atomic mass is 9.84. The van der Waals surface area contributed by atoms with E-state index in [1.54, 1.807) is 0 Å². The highest BCUT2D eigenvalue weighted by molar-refractivity contribution is 6.12. The number of aromatic nitrogens is 6. The van der Waals surface area contributed by atoms with Crippen LogP contribution in [0.2, 0.25) is 0 Å². The van der Waals surface area contributed by atoms with Gasteiger partial charge in [-0.1, -0.05) is 59.3 Å². The van der Waals surface area contributed by atoms with Gasteiger partial charge in [-0.05, 0) is 85.3 Å². The van der Waals surface area contributed by atoms with Crippen LogP contribution in [0.5, 0.6) is 11.5 Å². The molecule has 5 aromatic heterocycles. The van der Waals surface area contributed by atoms with E-state index >= 15 is 0 Å². The van der Waals surface area contributed by atoms with Gasteiger partial charge in [-0.2, -0.15) is 9.13 Å². The summed E-state index contributed by atoms with van der Waals surface area (Å²) in [5.74, 6) is 2.89. The second-order valence-electron chi connectivity index (χ2n) is 14.5. The highest BCUT2D eigenvalue weighted by atomic mass is 16.5. The monoisotopic (exact) mass is 682 g/mol. The van der Waals surface area contributed by atoms with Crippen LogP contribution < -0.4 is 14.0 Å². The molecule has 248 valence electrons. The smallest absolute Gasteiger partial charge is 0.397 e. The number of nitrogens with zero attached hydrogens (tertiary/aromatic N) is 6. The Morgan fingerprint density at radius 3 is 2.36 bits per heavy atom. The molecule has 10 aromatic rings. The fourth-order valence-electron chi connectivity index (χ4n) is 10.2. The Labute approximate surface area is 303 Å². The lowest BCUT2D eigenvalue weighted by Crippen LogP contribution is -2.77. The van der Waals surface area contributed by atoms with Gasteiger partial charge in [0.15, 0.2) is 11.1 Å². The minimum Gasteiger partial charge on any atom is -0.456 e. The van der Waals surface area contributed by atoms with Crippen molar-refractivity contribution < 1.29 is 14.0 Å². The number of pyridine rings is 2. The average molecular weight is 683 g/mol. The second-order valence-corrected chi connectivity index (χ2v) is 14.5. The van der Waals surface area contributed by atoms with Crippen LogP contribution in [0.1, 0.15) is 22.5 Å². The topological polar surface area (TPSA) is 44.7 Å². The van der Waals surface area contributed by atoms with Crippen molar-refractivity contribution in [3.8, 4) is 39.8 Å². The third kappa shape index (κ3) is 3.02. The van der Waals surface area contributed by atoms with Crippen LogP contribution in [-0.2, 0) is 5.66 Å². The van der Waals surface area contributed by atoms with E-state index in [1.165, 1.54) is 49.7 Å². The Bertz CT molecular complexity index is 3290. The van der Waals surface area contributed by atoms with E-state index in [9.17, 15) is 0 Å². The molecule has 0 saturated heterocycles. The Kier molecular flexibility index (Phi) is 4.84. The van der Waals surface area contributed by atoms with Gasteiger partial charge in [0.25, 0.3) is 5.82 Å². The first-order chi connectivity index (χ1) is 26.2. The molecule has 5 aromatic carbocycles. The number of fused-ring (bicyclic) bond motifs is 10. The summed E-state index contributed by atoms with van der Waals surface area (Å²) < 4.78 is 19.1. The van der Waals surface area contributed by atoms with Gasteiger partial charge >= 0.3 is 5.66 Å². The van der Waals surface area contributed by atoms with Crippen LogP contribution >= 0.6 is 0 Å². The molecule has 0 aliphatic carbocycles. The van der Waals surface area contributed by atoms with E-state index in [4.69, 9.17) is 9.72 Å². The predicted octanol–water partition coefficient (Wildman–Crippen LogP) is 8.96. The molecule has 7 heteroatoms. The molecular formula is C46H30N6O+2. The fraction of sp³-hybridized carbons (Fsp3) is 0.0652. The summed E-state index contributed by atoms with van der Waals surface area (Å²) in [6.45, 7) is 4.56. The van der Waals surface area contributed by atoms with Gasteiger partial charge in [-0.15, -0.1) is 4.68 Å². The second kappa shape index (κ2) is 9.26. The molecule has 1 spiro atoms. The molecule has 7 nitrogen and oxygen atoms in total. The first kappa shape index (κ1) is 27.7. The molecule has 1 unspecified atom stereocenters. The van der Waals surface area contributed by atoms with E-state index in [1.807, 2.05) is 12.3 Å². The van der Waals surface area contributed by atoms with E-state index in [0.29, 0.717) is 0 Å². The quantitative estimate of drug-likeness (QED) is 0.171. The zero-order chi connectivity index (χ0) is 34.7. The Morgan fingerprint density at radius 1 is 0.642 bits per heavy atom. The van der Waals surface area contributed by atoms with Gasteiger partial charge in [-0.3, -0.25) is 4.57 Å². The summed E-state index contributed by atoms with van der Waals surface area (Å²) in [4.78, 5) is 4.88. The maximum absolute atomic E-state index is 6.91. The summed E-state index contributed by atoms with van der Waals surface area (Å²) in [7, 11) is 0. The SMILES string of the molecule is Cc1c(-c2ccc3c4cccnc4n(-c4ccccc4)c3c2)c(C)[n+]2n1-c1cccc3c1C21c2c(ccc4c5ccccc5n(c24)-c2cccc[n+]21)O3. The normalized spacial score (nSPS) is 16.0. The van der Waals surface area contributed by atoms with Crippen LogP contribution in [0.3, 0.4) is 0 Å². The highest BCUT2D eigenvalue weighted by Gasteiger charge is 2.69. The van der Waals surface area contributed by atoms with Gasteiger partial charge in [0.1, 0.15) is 33.9 Å². The van der Waals surface area contributed by atoms with Crippen molar-refractivity contribution in [3.63, 3.8) is 0 Å². The summed E-state index contributed by atoms with van der Waals surface area (Å²) in [5, 5.41) is 4.80.